The van der Waals surface area contributed by atoms with E-state index in [1.165, 1.54) is 12.1 Å². The lowest BCUT2D eigenvalue weighted by atomic mass is 9.78. The maximum absolute atomic E-state index is 12.5. The van der Waals surface area contributed by atoms with Crippen LogP contribution in [0.1, 0.15) is 18.4 Å². The van der Waals surface area contributed by atoms with Crippen LogP contribution >= 0.6 is 0 Å². The predicted molar refractivity (Wildman–Crippen MR) is 108 cm³/mol. The van der Waals surface area contributed by atoms with Crippen molar-refractivity contribution in [1.82, 2.24) is 4.90 Å². The van der Waals surface area contributed by atoms with Gasteiger partial charge in [-0.2, -0.15) is 0 Å². The number of halogens is 3. The summed E-state index contributed by atoms with van der Waals surface area (Å²) in [5, 5.41) is 10.7. The summed E-state index contributed by atoms with van der Waals surface area (Å²) in [5.41, 5.74) is 0.766. The molecule has 1 aliphatic carbocycles. The first-order valence-corrected chi connectivity index (χ1v) is 10.4. The number of fused-ring (bicyclic) bond motifs is 1. The molecule has 0 unspecified atom stereocenters. The zero-order valence-corrected chi connectivity index (χ0v) is 17.2. The molecule has 1 heterocycles. The number of rotatable bonds is 6. The first-order valence-electron chi connectivity index (χ1n) is 10.4. The summed E-state index contributed by atoms with van der Waals surface area (Å²) in [6, 6.07) is 13.5. The van der Waals surface area contributed by atoms with Gasteiger partial charge in [-0.3, -0.25) is 4.90 Å². The van der Waals surface area contributed by atoms with Crippen LogP contribution in [0.5, 0.6) is 17.2 Å². The van der Waals surface area contributed by atoms with Crippen LogP contribution in [0.15, 0.2) is 48.5 Å². The first kappa shape index (κ1) is 21.8. The number of alkyl halides is 3. The molecule has 1 aliphatic heterocycles. The first-order chi connectivity index (χ1) is 14.8. The van der Waals surface area contributed by atoms with Crippen molar-refractivity contribution >= 4 is 0 Å². The van der Waals surface area contributed by atoms with Crippen molar-refractivity contribution in [3.8, 4) is 17.2 Å². The molecule has 1 saturated heterocycles. The highest BCUT2D eigenvalue weighted by Gasteiger charge is 2.42. The number of methoxy groups -OCH3 is 1. The average Bonchev–Trinajstić information content (AvgIpc) is 3.08. The van der Waals surface area contributed by atoms with Gasteiger partial charge >= 0.3 is 6.36 Å². The fourth-order valence-corrected chi connectivity index (χ4v) is 4.72. The number of likely N-dealkylation sites (tertiary alicyclic amines) is 1. The molecule has 0 aromatic heterocycles. The number of aliphatic hydroxyl groups excluding tert-OH is 1. The molecule has 0 spiro atoms. The lowest BCUT2D eigenvalue weighted by Crippen LogP contribution is -2.42. The molecular weight excluding hydrogens is 411 g/mol. The van der Waals surface area contributed by atoms with E-state index in [4.69, 9.17) is 9.47 Å². The number of para-hydroxylation sites is 2. The van der Waals surface area contributed by atoms with Gasteiger partial charge in [0.25, 0.3) is 0 Å². The standard InChI is InChI=1S/C23H26F3NO4/c1-29-20-7-2-3-8-21(20)30-22-11-17-14-27(13-16(17)10-19(22)28)12-15-5-4-6-18(9-15)31-23(24,25)26/h2-9,16-17,19,22,28H,10-14H2,1H3/t16-,17+,19+,22+/m0/s1. The molecule has 2 aromatic rings. The van der Waals surface area contributed by atoms with E-state index in [1.807, 2.05) is 24.3 Å². The monoisotopic (exact) mass is 437 g/mol. The van der Waals surface area contributed by atoms with Crippen LogP contribution in [-0.4, -0.2) is 48.8 Å². The summed E-state index contributed by atoms with van der Waals surface area (Å²) >= 11 is 0. The van der Waals surface area contributed by atoms with Gasteiger partial charge in [0, 0.05) is 19.6 Å². The number of hydrogen-bond donors (Lipinski definition) is 1. The molecule has 2 fully saturated rings. The van der Waals surface area contributed by atoms with Crippen molar-refractivity contribution in [1.29, 1.82) is 0 Å². The maximum Gasteiger partial charge on any atom is 0.573 e. The molecule has 168 valence electrons. The lowest BCUT2D eigenvalue weighted by molar-refractivity contribution is -0.274. The zero-order chi connectivity index (χ0) is 22.0. The third-order valence-electron chi connectivity index (χ3n) is 6.05. The van der Waals surface area contributed by atoms with Crippen molar-refractivity contribution in [2.45, 2.75) is 38.0 Å². The molecule has 2 aromatic carbocycles. The fraction of sp³-hybridized carbons (Fsp3) is 0.478. The lowest BCUT2D eigenvalue weighted by Gasteiger charge is -2.35. The van der Waals surface area contributed by atoms with E-state index in [0.717, 1.165) is 25.1 Å². The smallest absolute Gasteiger partial charge is 0.493 e. The molecule has 4 atom stereocenters. The Morgan fingerprint density at radius 2 is 1.71 bits per heavy atom. The van der Waals surface area contributed by atoms with E-state index in [9.17, 15) is 18.3 Å². The Hall–Kier alpha value is -2.45. The Labute approximate surface area is 179 Å². The summed E-state index contributed by atoms with van der Waals surface area (Å²) < 4.78 is 52.9. The topological polar surface area (TPSA) is 51.2 Å². The van der Waals surface area contributed by atoms with Gasteiger partial charge < -0.3 is 19.3 Å². The summed E-state index contributed by atoms with van der Waals surface area (Å²) in [6.45, 7) is 2.15. The van der Waals surface area contributed by atoms with E-state index in [0.29, 0.717) is 36.3 Å². The second-order valence-corrected chi connectivity index (χ2v) is 8.26. The number of aliphatic hydroxyl groups is 1. The highest BCUT2D eigenvalue weighted by atomic mass is 19.4. The van der Waals surface area contributed by atoms with Gasteiger partial charge in [0.2, 0.25) is 0 Å². The number of nitrogens with zero attached hydrogens (tertiary/aromatic N) is 1. The van der Waals surface area contributed by atoms with E-state index in [2.05, 4.69) is 9.64 Å². The van der Waals surface area contributed by atoms with Crippen LogP contribution in [0.25, 0.3) is 0 Å². The molecule has 2 aliphatic rings. The SMILES string of the molecule is COc1ccccc1O[C@@H]1C[C@@H]2CN(Cc3cccc(OC(F)(F)F)c3)C[C@@H]2C[C@H]1O. The van der Waals surface area contributed by atoms with Crippen molar-refractivity contribution in [2.75, 3.05) is 20.2 Å². The van der Waals surface area contributed by atoms with Gasteiger partial charge in [-0.1, -0.05) is 24.3 Å². The summed E-state index contributed by atoms with van der Waals surface area (Å²) in [7, 11) is 1.58. The highest BCUT2D eigenvalue weighted by molar-refractivity contribution is 5.39. The summed E-state index contributed by atoms with van der Waals surface area (Å²) in [5.74, 6) is 1.73. The molecule has 31 heavy (non-hydrogen) atoms. The molecule has 0 amide bonds. The Balaban J connectivity index is 1.37. The van der Waals surface area contributed by atoms with Gasteiger partial charge in [0.1, 0.15) is 11.9 Å². The number of ether oxygens (including phenoxy) is 3. The zero-order valence-electron chi connectivity index (χ0n) is 17.2. The molecule has 1 saturated carbocycles. The molecular formula is C23H26F3NO4. The molecule has 5 nitrogen and oxygen atoms in total. The minimum absolute atomic E-state index is 0.206. The molecule has 4 rings (SSSR count). The maximum atomic E-state index is 12.5. The van der Waals surface area contributed by atoms with Crippen molar-refractivity contribution < 1.29 is 32.5 Å². The molecule has 8 heteroatoms. The van der Waals surface area contributed by atoms with E-state index < -0.39 is 12.5 Å². The van der Waals surface area contributed by atoms with E-state index in [1.54, 1.807) is 19.2 Å². The van der Waals surface area contributed by atoms with Gasteiger partial charge in [-0.25, -0.2) is 0 Å². The van der Waals surface area contributed by atoms with Gasteiger partial charge in [-0.15, -0.1) is 13.2 Å². The van der Waals surface area contributed by atoms with Crippen molar-refractivity contribution in [3.05, 3.63) is 54.1 Å². The van der Waals surface area contributed by atoms with Crippen LogP contribution < -0.4 is 14.2 Å². The Morgan fingerprint density at radius 1 is 1.00 bits per heavy atom. The van der Waals surface area contributed by atoms with Crippen LogP contribution in [0.4, 0.5) is 13.2 Å². The minimum Gasteiger partial charge on any atom is -0.493 e. The Bertz CT molecular complexity index is 891. The van der Waals surface area contributed by atoms with E-state index >= 15 is 0 Å². The Morgan fingerprint density at radius 3 is 2.42 bits per heavy atom. The highest BCUT2D eigenvalue weighted by Crippen LogP contribution is 2.39. The van der Waals surface area contributed by atoms with Gasteiger partial charge in [0.15, 0.2) is 11.5 Å². The van der Waals surface area contributed by atoms with Crippen LogP contribution in [-0.2, 0) is 6.54 Å². The normalized spacial score (nSPS) is 26.4. The number of benzene rings is 2. The van der Waals surface area contributed by atoms with Crippen molar-refractivity contribution in [3.63, 3.8) is 0 Å². The second-order valence-electron chi connectivity index (χ2n) is 8.26. The molecule has 1 N–H and O–H groups in total. The fourth-order valence-electron chi connectivity index (χ4n) is 4.72. The molecule has 0 radical (unpaired) electrons. The van der Waals surface area contributed by atoms with Gasteiger partial charge in [-0.05, 0) is 54.5 Å². The quantitative estimate of drug-likeness (QED) is 0.733. The summed E-state index contributed by atoms with van der Waals surface area (Å²) in [6.07, 6.45) is -4.24. The van der Waals surface area contributed by atoms with E-state index in [-0.39, 0.29) is 11.9 Å². The number of hydrogen-bond acceptors (Lipinski definition) is 5. The van der Waals surface area contributed by atoms with Crippen LogP contribution in [0.3, 0.4) is 0 Å². The third kappa shape index (κ3) is 5.43. The van der Waals surface area contributed by atoms with Crippen molar-refractivity contribution in [2.24, 2.45) is 11.8 Å². The van der Waals surface area contributed by atoms with Crippen LogP contribution in [0, 0.1) is 11.8 Å². The third-order valence-corrected chi connectivity index (χ3v) is 6.05. The minimum atomic E-state index is -4.70. The van der Waals surface area contributed by atoms with Gasteiger partial charge in [0.05, 0.1) is 13.2 Å². The predicted octanol–water partition coefficient (Wildman–Crippen LogP) is 4.24. The second kappa shape index (κ2) is 8.96. The average molecular weight is 437 g/mol. The summed E-state index contributed by atoms with van der Waals surface area (Å²) in [4.78, 5) is 2.22. The van der Waals surface area contributed by atoms with Crippen LogP contribution in [0.2, 0.25) is 0 Å². The molecule has 0 bridgehead atoms. The Kier molecular flexibility index (Phi) is 6.29. The largest absolute Gasteiger partial charge is 0.573 e.